The maximum absolute atomic E-state index is 5.84. The minimum atomic E-state index is -0.0311. The van der Waals surface area contributed by atoms with Crippen LogP contribution in [0.15, 0.2) is 11.1 Å². The molecule has 0 fully saturated rings. The van der Waals surface area contributed by atoms with Crippen molar-refractivity contribution in [3.05, 3.63) is 6.07 Å². The molecule has 4 heteroatoms. The van der Waals surface area contributed by atoms with E-state index in [2.05, 4.69) is 32.8 Å². The van der Waals surface area contributed by atoms with Crippen LogP contribution in [0.4, 0.5) is 5.82 Å². The number of nitrogens with zero attached hydrogens (tertiary/aromatic N) is 2. The molecule has 0 aliphatic heterocycles. The second-order valence-electron chi connectivity index (χ2n) is 3.92. The monoisotopic (exact) mass is 199 g/mol. The van der Waals surface area contributed by atoms with Crippen LogP contribution in [0, 0.1) is 0 Å². The van der Waals surface area contributed by atoms with Crippen LogP contribution in [0.3, 0.4) is 0 Å². The Bertz CT molecular complexity index is 286. The number of aromatic nitrogens is 2. The van der Waals surface area contributed by atoms with E-state index in [1.54, 1.807) is 11.8 Å². The normalized spacial score (nSPS) is 12.0. The molecular formula is C9H17N3S. The smallest absolute Gasteiger partial charge is 0.123 e. The van der Waals surface area contributed by atoms with Crippen LogP contribution >= 0.6 is 11.8 Å². The van der Waals surface area contributed by atoms with E-state index in [-0.39, 0.29) is 5.54 Å². The predicted molar refractivity (Wildman–Crippen MR) is 58.0 cm³/mol. The van der Waals surface area contributed by atoms with Crippen molar-refractivity contribution in [1.82, 2.24) is 9.78 Å². The van der Waals surface area contributed by atoms with Gasteiger partial charge in [0.15, 0.2) is 0 Å². The van der Waals surface area contributed by atoms with E-state index in [9.17, 15) is 0 Å². The lowest BCUT2D eigenvalue weighted by molar-refractivity contribution is 0.356. The molecule has 0 amide bonds. The van der Waals surface area contributed by atoms with Gasteiger partial charge in [-0.2, -0.15) is 5.10 Å². The van der Waals surface area contributed by atoms with Crippen LogP contribution in [0.5, 0.6) is 0 Å². The molecule has 0 unspecified atom stereocenters. The number of nitrogens with two attached hydrogens (primary N) is 1. The van der Waals surface area contributed by atoms with Crippen LogP contribution in [-0.4, -0.2) is 15.5 Å². The first-order valence-corrected chi connectivity index (χ1v) is 5.42. The number of rotatable bonds is 2. The summed E-state index contributed by atoms with van der Waals surface area (Å²) in [5, 5.41) is 5.43. The zero-order valence-electron chi connectivity index (χ0n) is 8.66. The zero-order chi connectivity index (χ0) is 10.1. The molecule has 1 rings (SSSR count). The van der Waals surface area contributed by atoms with Crippen molar-refractivity contribution < 1.29 is 0 Å². The fourth-order valence-corrected chi connectivity index (χ4v) is 1.77. The predicted octanol–water partition coefficient (Wildman–Crippen LogP) is 2.33. The van der Waals surface area contributed by atoms with E-state index < -0.39 is 0 Å². The third-order valence-electron chi connectivity index (χ3n) is 1.64. The molecule has 0 radical (unpaired) electrons. The van der Waals surface area contributed by atoms with E-state index in [1.807, 2.05) is 10.7 Å². The summed E-state index contributed by atoms with van der Waals surface area (Å²) in [6, 6.07) is 1.93. The average Bonchev–Trinajstić information content (AvgIpc) is 2.30. The van der Waals surface area contributed by atoms with Gasteiger partial charge in [-0.3, -0.25) is 0 Å². The summed E-state index contributed by atoms with van der Waals surface area (Å²) in [7, 11) is 0. The van der Waals surface area contributed by atoms with Crippen LogP contribution in [0.1, 0.15) is 27.7 Å². The molecule has 1 heterocycles. The summed E-state index contributed by atoms with van der Waals surface area (Å²) >= 11 is 1.71. The van der Waals surface area contributed by atoms with Crippen molar-refractivity contribution in [1.29, 1.82) is 0 Å². The molecule has 0 saturated heterocycles. The van der Waals surface area contributed by atoms with E-state index in [4.69, 9.17) is 5.73 Å². The molecule has 1 aromatic heterocycles. The topological polar surface area (TPSA) is 43.8 Å². The van der Waals surface area contributed by atoms with Crippen molar-refractivity contribution in [3.8, 4) is 0 Å². The van der Waals surface area contributed by atoms with Crippen LogP contribution in [0.25, 0.3) is 0 Å². The van der Waals surface area contributed by atoms with Gasteiger partial charge in [-0.25, -0.2) is 4.68 Å². The van der Waals surface area contributed by atoms with E-state index in [0.717, 1.165) is 16.6 Å². The van der Waals surface area contributed by atoms with E-state index in [0.29, 0.717) is 0 Å². The highest BCUT2D eigenvalue weighted by Crippen LogP contribution is 2.24. The Balaban J connectivity index is 2.96. The van der Waals surface area contributed by atoms with Crippen molar-refractivity contribution in [2.75, 3.05) is 11.5 Å². The standard InChI is InChI=1S/C9H17N3S/c1-5-13-8-6-7(10)12(11-8)9(2,3)4/h6H,5,10H2,1-4H3. The van der Waals surface area contributed by atoms with Gasteiger partial charge in [-0.15, -0.1) is 11.8 Å². The summed E-state index contributed by atoms with van der Waals surface area (Å²) < 4.78 is 1.87. The van der Waals surface area contributed by atoms with Crippen LogP contribution in [-0.2, 0) is 5.54 Å². The molecule has 0 aromatic carbocycles. The minimum Gasteiger partial charge on any atom is -0.384 e. The van der Waals surface area contributed by atoms with Gasteiger partial charge in [0.25, 0.3) is 0 Å². The van der Waals surface area contributed by atoms with Crippen molar-refractivity contribution >= 4 is 17.6 Å². The summed E-state index contributed by atoms with van der Waals surface area (Å²) in [5.74, 6) is 1.77. The zero-order valence-corrected chi connectivity index (χ0v) is 9.48. The Kier molecular flexibility index (Phi) is 2.91. The Morgan fingerprint density at radius 1 is 1.54 bits per heavy atom. The lowest BCUT2D eigenvalue weighted by atomic mass is 10.1. The largest absolute Gasteiger partial charge is 0.384 e. The van der Waals surface area contributed by atoms with Gasteiger partial charge in [0.1, 0.15) is 10.8 Å². The average molecular weight is 199 g/mol. The van der Waals surface area contributed by atoms with Gasteiger partial charge in [0, 0.05) is 6.07 Å². The molecule has 2 N–H and O–H groups in total. The second-order valence-corrected chi connectivity index (χ2v) is 5.21. The quantitative estimate of drug-likeness (QED) is 0.743. The molecule has 74 valence electrons. The van der Waals surface area contributed by atoms with Crippen LogP contribution < -0.4 is 5.73 Å². The van der Waals surface area contributed by atoms with Gasteiger partial charge in [-0.1, -0.05) is 6.92 Å². The highest BCUT2D eigenvalue weighted by atomic mass is 32.2. The molecule has 0 atom stereocenters. The molecular weight excluding hydrogens is 182 g/mol. The summed E-state index contributed by atoms with van der Waals surface area (Å²) in [6.45, 7) is 8.39. The number of thioether (sulfide) groups is 1. The Labute approximate surface area is 83.7 Å². The number of hydrogen-bond donors (Lipinski definition) is 1. The van der Waals surface area contributed by atoms with Gasteiger partial charge in [-0.05, 0) is 26.5 Å². The molecule has 13 heavy (non-hydrogen) atoms. The summed E-state index contributed by atoms with van der Waals surface area (Å²) in [6.07, 6.45) is 0. The second kappa shape index (κ2) is 3.62. The SMILES string of the molecule is CCSc1cc(N)n(C(C)(C)C)n1. The number of anilines is 1. The van der Waals surface area contributed by atoms with E-state index in [1.165, 1.54) is 0 Å². The highest BCUT2D eigenvalue weighted by molar-refractivity contribution is 7.99. The highest BCUT2D eigenvalue weighted by Gasteiger charge is 2.17. The maximum Gasteiger partial charge on any atom is 0.123 e. The first kappa shape index (κ1) is 10.4. The Morgan fingerprint density at radius 3 is 2.54 bits per heavy atom. The fourth-order valence-electron chi connectivity index (χ4n) is 1.13. The van der Waals surface area contributed by atoms with Crippen molar-refractivity contribution in [3.63, 3.8) is 0 Å². The Hall–Kier alpha value is -0.640. The lowest BCUT2D eigenvalue weighted by Crippen LogP contribution is -2.24. The number of nitrogen functional groups attached to an aromatic ring is 1. The van der Waals surface area contributed by atoms with Gasteiger partial charge in [0.2, 0.25) is 0 Å². The summed E-state index contributed by atoms with van der Waals surface area (Å²) in [5.41, 5.74) is 5.81. The fraction of sp³-hybridized carbons (Fsp3) is 0.667. The van der Waals surface area contributed by atoms with E-state index >= 15 is 0 Å². The van der Waals surface area contributed by atoms with Crippen LogP contribution in [0.2, 0.25) is 0 Å². The van der Waals surface area contributed by atoms with Crippen molar-refractivity contribution in [2.24, 2.45) is 0 Å². The molecule has 3 nitrogen and oxygen atoms in total. The third-order valence-corrected chi connectivity index (χ3v) is 2.43. The van der Waals surface area contributed by atoms with Gasteiger partial charge >= 0.3 is 0 Å². The summed E-state index contributed by atoms with van der Waals surface area (Å²) in [4.78, 5) is 0. The molecule has 0 spiro atoms. The minimum absolute atomic E-state index is 0.0311. The molecule has 0 aliphatic rings. The van der Waals surface area contributed by atoms with Gasteiger partial charge < -0.3 is 5.73 Å². The first-order valence-electron chi connectivity index (χ1n) is 4.44. The first-order chi connectivity index (χ1) is 5.95. The lowest BCUT2D eigenvalue weighted by Gasteiger charge is -2.20. The Morgan fingerprint density at radius 2 is 2.15 bits per heavy atom. The molecule has 0 saturated carbocycles. The van der Waals surface area contributed by atoms with Gasteiger partial charge in [0.05, 0.1) is 5.54 Å². The molecule has 0 bridgehead atoms. The molecule has 0 aliphatic carbocycles. The maximum atomic E-state index is 5.84. The molecule has 1 aromatic rings. The number of hydrogen-bond acceptors (Lipinski definition) is 3. The third kappa shape index (κ3) is 2.40. The van der Waals surface area contributed by atoms with Crippen molar-refractivity contribution in [2.45, 2.75) is 38.3 Å².